The maximum atomic E-state index is 13.2. The van der Waals surface area contributed by atoms with Gasteiger partial charge >= 0.3 is 0 Å². The van der Waals surface area contributed by atoms with Crippen LogP contribution in [0.2, 0.25) is 15.1 Å². The molecule has 0 aliphatic heterocycles. The lowest BCUT2D eigenvalue weighted by atomic mass is 10.1. The Bertz CT molecular complexity index is 581. The quantitative estimate of drug-likeness (QED) is 0.895. The fourth-order valence-corrected chi connectivity index (χ4v) is 2.54. The molecule has 1 aromatic carbocycles. The Labute approximate surface area is 118 Å². The van der Waals surface area contributed by atoms with Crippen molar-refractivity contribution in [1.82, 2.24) is 4.98 Å². The van der Waals surface area contributed by atoms with Crippen molar-refractivity contribution in [3.63, 3.8) is 0 Å². The number of halogens is 4. The Morgan fingerprint density at radius 3 is 2.28 bits per heavy atom. The first-order chi connectivity index (χ1) is 8.52. The summed E-state index contributed by atoms with van der Waals surface area (Å²) in [5, 5.41) is 10.0. The van der Waals surface area contributed by atoms with Crippen LogP contribution in [0.5, 0.6) is 0 Å². The highest BCUT2D eigenvalue weighted by Crippen LogP contribution is 2.36. The number of aliphatic hydroxyl groups excluding tert-OH is 1. The van der Waals surface area contributed by atoms with Gasteiger partial charge < -0.3 is 5.11 Å². The minimum absolute atomic E-state index is 0.127. The van der Waals surface area contributed by atoms with Gasteiger partial charge in [-0.15, -0.1) is 0 Å². The molecule has 0 saturated carbocycles. The maximum absolute atomic E-state index is 13.2. The van der Waals surface area contributed by atoms with Crippen molar-refractivity contribution in [2.45, 2.75) is 6.61 Å². The number of aromatic nitrogens is 1. The largest absolute Gasteiger partial charge is 0.392 e. The van der Waals surface area contributed by atoms with Gasteiger partial charge in [-0.05, 0) is 18.2 Å². The van der Waals surface area contributed by atoms with E-state index >= 15 is 0 Å². The Kier molecular flexibility index (Phi) is 4.07. The highest BCUT2D eigenvalue weighted by atomic mass is 35.5. The molecule has 0 radical (unpaired) electrons. The highest BCUT2D eigenvalue weighted by Gasteiger charge is 2.13. The zero-order valence-electron chi connectivity index (χ0n) is 8.92. The van der Waals surface area contributed by atoms with Crippen LogP contribution in [-0.4, -0.2) is 10.1 Å². The van der Waals surface area contributed by atoms with Crippen LogP contribution >= 0.6 is 34.8 Å². The van der Waals surface area contributed by atoms with Crippen LogP contribution in [0.1, 0.15) is 5.56 Å². The highest BCUT2D eigenvalue weighted by molar-refractivity contribution is 6.41. The van der Waals surface area contributed by atoms with Gasteiger partial charge in [0.05, 0.1) is 28.5 Å². The monoisotopic (exact) mass is 305 g/mol. The van der Waals surface area contributed by atoms with Crippen molar-refractivity contribution in [2.75, 3.05) is 0 Å². The lowest BCUT2D eigenvalue weighted by molar-refractivity contribution is 0.275. The average Bonchev–Trinajstić information content (AvgIpc) is 2.30. The predicted molar refractivity (Wildman–Crippen MR) is 70.6 cm³/mol. The predicted octanol–water partition coefficient (Wildman–Crippen LogP) is 4.34. The summed E-state index contributed by atoms with van der Waals surface area (Å²) < 4.78 is 13.2. The fourth-order valence-electron chi connectivity index (χ4n) is 1.53. The Morgan fingerprint density at radius 1 is 1.11 bits per heavy atom. The smallest absolute Gasteiger partial charge is 0.147 e. The van der Waals surface area contributed by atoms with Gasteiger partial charge in [-0.25, -0.2) is 4.39 Å². The van der Waals surface area contributed by atoms with Gasteiger partial charge in [-0.2, -0.15) is 0 Å². The van der Waals surface area contributed by atoms with Crippen LogP contribution in [0.15, 0.2) is 24.4 Å². The maximum Gasteiger partial charge on any atom is 0.147 e. The molecule has 0 aliphatic carbocycles. The van der Waals surface area contributed by atoms with Crippen molar-refractivity contribution in [2.24, 2.45) is 0 Å². The first-order valence-electron chi connectivity index (χ1n) is 4.93. The fraction of sp³-hybridized carbons (Fsp3) is 0.0833. The molecule has 0 saturated heterocycles. The van der Waals surface area contributed by atoms with Crippen molar-refractivity contribution >= 4 is 34.8 Å². The lowest BCUT2D eigenvalue weighted by Gasteiger charge is -2.08. The second-order valence-corrected chi connectivity index (χ2v) is 4.81. The second kappa shape index (κ2) is 5.41. The zero-order chi connectivity index (χ0) is 13.3. The number of aliphatic hydroxyl groups is 1. The van der Waals surface area contributed by atoms with E-state index in [-0.39, 0.29) is 5.56 Å². The SMILES string of the molecule is OCc1cc(-c2c(Cl)cc(Cl)cc2Cl)ncc1F. The third-order valence-corrected chi connectivity index (χ3v) is 3.18. The summed E-state index contributed by atoms with van der Waals surface area (Å²) in [5.74, 6) is -0.581. The molecule has 0 aliphatic rings. The van der Waals surface area contributed by atoms with E-state index in [1.54, 1.807) is 0 Å². The molecule has 0 bridgehead atoms. The molecule has 18 heavy (non-hydrogen) atoms. The molecule has 1 aromatic heterocycles. The topological polar surface area (TPSA) is 33.1 Å². The van der Waals surface area contributed by atoms with Gasteiger partial charge in [0.25, 0.3) is 0 Å². The normalized spacial score (nSPS) is 10.7. The van der Waals surface area contributed by atoms with E-state index in [2.05, 4.69) is 4.98 Å². The summed E-state index contributed by atoms with van der Waals surface area (Å²) >= 11 is 17.9. The van der Waals surface area contributed by atoms with Crippen LogP contribution in [-0.2, 0) is 6.61 Å². The van der Waals surface area contributed by atoms with Gasteiger partial charge in [0.1, 0.15) is 5.82 Å². The van der Waals surface area contributed by atoms with Gasteiger partial charge in [0.2, 0.25) is 0 Å². The summed E-state index contributed by atoms with van der Waals surface area (Å²) in [6.07, 6.45) is 1.02. The number of rotatable bonds is 2. The van der Waals surface area contributed by atoms with Gasteiger partial charge in [0, 0.05) is 16.1 Å². The summed E-state index contributed by atoms with van der Waals surface area (Å²) in [6, 6.07) is 4.44. The first-order valence-corrected chi connectivity index (χ1v) is 6.06. The zero-order valence-corrected chi connectivity index (χ0v) is 11.2. The molecule has 0 unspecified atom stereocenters. The van der Waals surface area contributed by atoms with Crippen molar-refractivity contribution in [3.8, 4) is 11.3 Å². The number of hydrogen-bond acceptors (Lipinski definition) is 2. The molecule has 94 valence electrons. The molecule has 0 atom stereocenters. The molecular formula is C12H7Cl3FNO. The lowest BCUT2D eigenvalue weighted by Crippen LogP contribution is -1.94. The minimum Gasteiger partial charge on any atom is -0.392 e. The van der Waals surface area contributed by atoms with Crippen LogP contribution in [0, 0.1) is 5.82 Å². The number of pyridine rings is 1. The molecule has 6 heteroatoms. The molecule has 0 fully saturated rings. The second-order valence-electron chi connectivity index (χ2n) is 3.56. The van der Waals surface area contributed by atoms with E-state index < -0.39 is 12.4 Å². The van der Waals surface area contributed by atoms with Gasteiger partial charge in [-0.1, -0.05) is 34.8 Å². The molecule has 2 nitrogen and oxygen atoms in total. The van der Waals surface area contributed by atoms with Crippen molar-refractivity contribution in [1.29, 1.82) is 0 Å². The summed E-state index contributed by atoms with van der Waals surface area (Å²) in [6.45, 7) is -0.426. The van der Waals surface area contributed by atoms with Gasteiger partial charge in [-0.3, -0.25) is 4.98 Å². The molecule has 0 amide bonds. The third kappa shape index (κ3) is 2.59. The number of nitrogens with zero attached hydrogens (tertiary/aromatic N) is 1. The minimum atomic E-state index is -0.581. The standard InChI is InChI=1S/C12H7Cl3FNO/c13-7-2-8(14)12(9(15)3-7)11-1-6(5-18)10(16)4-17-11/h1-4,18H,5H2. The van der Waals surface area contributed by atoms with Crippen LogP contribution < -0.4 is 0 Å². The molecule has 2 aromatic rings. The third-order valence-electron chi connectivity index (χ3n) is 2.37. The molecular weight excluding hydrogens is 299 g/mol. The van der Waals surface area contributed by atoms with Crippen LogP contribution in [0.4, 0.5) is 4.39 Å². The van der Waals surface area contributed by atoms with Gasteiger partial charge in [0.15, 0.2) is 0 Å². The molecule has 1 N–H and O–H groups in total. The first kappa shape index (κ1) is 13.6. The summed E-state index contributed by atoms with van der Waals surface area (Å²) in [5.41, 5.74) is 0.964. The Hall–Kier alpha value is -0.870. The average molecular weight is 307 g/mol. The number of hydrogen-bond donors (Lipinski definition) is 1. The van der Waals surface area contributed by atoms with Crippen LogP contribution in [0.25, 0.3) is 11.3 Å². The van der Waals surface area contributed by atoms with Crippen molar-refractivity contribution < 1.29 is 9.50 Å². The van der Waals surface area contributed by atoms with E-state index in [9.17, 15) is 4.39 Å². The Morgan fingerprint density at radius 2 is 1.72 bits per heavy atom. The van der Waals surface area contributed by atoms with E-state index in [1.807, 2.05) is 0 Å². The van der Waals surface area contributed by atoms with E-state index in [0.29, 0.717) is 26.3 Å². The summed E-state index contributed by atoms with van der Waals surface area (Å²) in [7, 11) is 0. The van der Waals surface area contributed by atoms with E-state index in [4.69, 9.17) is 39.9 Å². The van der Waals surface area contributed by atoms with Crippen molar-refractivity contribution in [3.05, 3.63) is 50.8 Å². The molecule has 1 heterocycles. The van der Waals surface area contributed by atoms with E-state index in [0.717, 1.165) is 6.20 Å². The van der Waals surface area contributed by atoms with E-state index in [1.165, 1.54) is 18.2 Å². The Balaban J connectivity index is 2.62. The molecule has 0 spiro atoms. The van der Waals surface area contributed by atoms with Crippen LogP contribution in [0.3, 0.4) is 0 Å². The number of benzene rings is 1. The summed E-state index contributed by atoms with van der Waals surface area (Å²) in [4.78, 5) is 3.91. The molecule has 2 rings (SSSR count).